The Morgan fingerprint density at radius 1 is 0.828 bits per heavy atom. The fourth-order valence-corrected chi connectivity index (χ4v) is 3.88. The molecule has 3 aromatic carbocycles. The third-order valence-corrected chi connectivity index (χ3v) is 5.27. The van der Waals surface area contributed by atoms with Gasteiger partial charge in [-0.05, 0) is 67.8 Å². The van der Waals surface area contributed by atoms with Crippen LogP contribution in [0.4, 0.5) is 5.69 Å². The number of benzene rings is 3. The highest BCUT2D eigenvalue weighted by Crippen LogP contribution is 2.24. The van der Waals surface area contributed by atoms with Crippen LogP contribution < -0.4 is 5.32 Å². The summed E-state index contributed by atoms with van der Waals surface area (Å²) in [7, 11) is 0. The van der Waals surface area contributed by atoms with Crippen molar-refractivity contribution >= 4 is 17.5 Å². The van der Waals surface area contributed by atoms with Crippen molar-refractivity contribution in [2.45, 2.75) is 26.8 Å². The number of hydrogen-bond donors (Lipinski definition) is 1. The summed E-state index contributed by atoms with van der Waals surface area (Å²) in [6.45, 7) is 5.23. The molecule has 0 atom stereocenters. The van der Waals surface area contributed by atoms with Gasteiger partial charge in [0.25, 0.3) is 11.8 Å². The molecule has 0 saturated heterocycles. The smallest absolute Gasteiger partial charge is 0.255 e. The number of carbonyl (C=O) groups is 2. The first-order valence-corrected chi connectivity index (χ1v) is 9.85. The topological polar surface area (TPSA) is 49.4 Å². The monoisotopic (exact) mass is 384 g/mol. The molecular formula is C25H24N2O2. The third-order valence-electron chi connectivity index (χ3n) is 5.27. The minimum Gasteiger partial charge on any atom is -0.334 e. The maximum Gasteiger partial charge on any atom is 0.255 e. The van der Waals surface area contributed by atoms with E-state index in [1.54, 1.807) is 0 Å². The minimum absolute atomic E-state index is 0.0425. The Morgan fingerprint density at radius 2 is 1.55 bits per heavy atom. The molecule has 4 rings (SSSR count). The molecule has 1 aliphatic rings. The van der Waals surface area contributed by atoms with Crippen LogP contribution in [0.3, 0.4) is 0 Å². The minimum atomic E-state index is -0.121. The van der Waals surface area contributed by atoms with Crippen LogP contribution in [0.15, 0.2) is 66.7 Å². The summed E-state index contributed by atoms with van der Waals surface area (Å²) in [6, 6.07) is 21.2. The van der Waals surface area contributed by atoms with Crippen LogP contribution in [0, 0.1) is 13.8 Å². The molecule has 146 valence electrons. The first-order valence-electron chi connectivity index (χ1n) is 9.85. The molecule has 0 unspecified atom stereocenters. The van der Waals surface area contributed by atoms with Gasteiger partial charge in [0.05, 0.1) is 0 Å². The average molecular weight is 384 g/mol. The number of carbonyl (C=O) groups excluding carboxylic acids is 2. The normalized spacial score (nSPS) is 13.0. The second kappa shape index (κ2) is 7.92. The first-order chi connectivity index (χ1) is 14.0. The predicted octanol–water partition coefficient (Wildman–Crippen LogP) is 4.75. The summed E-state index contributed by atoms with van der Waals surface area (Å²) in [6.07, 6.45) is 0.819. The highest BCUT2D eigenvalue weighted by Gasteiger charge is 2.22. The van der Waals surface area contributed by atoms with Crippen molar-refractivity contribution in [3.8, 4) is 0 Å². The Balaban J connectivity index is 1.51. The molecule has 2 amide bonds. The number of rotatable bonds is 3. The maximum atomic E-state index is 12.8. The Hall–Kier alpha value is -3.40. The van der Waals surface area contributed by atoms with Gasteiger partial charge in [-0.2, -0.15) is 0 Å². The maximum absolute atomic E-state index is 12.8. The van der Waals surface area contributed by atoms with E-state index in [1.165, 1.54) is 5.56 Å². The van der Waals surface area contributed by atoms with E-state index in [9.17, 15) is 9.59 Å². The van der Waals surface area contributed by atoms with E-state index in [4.69, 9.17) is 0 Å². The quantitative estimate of drug-likeness (QED) is 0.708. The van der Waals surface area contributed by atoms with Gasteiger partial charge >= 0.3 is 0 Å². The Bertz CT molecular complexity index is 1050. The van der Waals surface area contributed by atoms with Gasteiger partial charge in [-0.15, -0.1) is 0 Å². The van der Waals surface area contributed by atoms with E-state index in [0.29, 0.717) is 24.2 Å². The molecule has 1 aliphatic heterocycles. The van der Waals surface area contributed by atoms with Crippen molar-refractivity contribution in [1.29, 1.82) is 0 Å². The number of amides is 2. The molecule has 1 heterocycles. The summed E-state index contributed by atoms with van der Waals surface area (Å²) in [5.74, 6) is -0.0781. The molecule has 0 aliphatic carbocycles. The summed E-state index contributed by atoms with van der Waals surface area (Å²) in [5.41, 5.74) is 6.55. The summed E-state index contributed by atoms with van der Waals surface area (Å²) in [5, 5.41) is 3.00. The van der Waals surface area contributed by atoms with Gasteiger partial charge in [0.15, 0.2) is 0 Å². The number of aryl methyl sites for hydroxylation is 2. The number of hydrogen-bond acceptors (Lipinski definition) is 2. The summed E-state index contributed by atoms with van der Waals surface area (Å²) < 4.78 is 0. The van der Waals surface area contributed by atoms with Gasteiger partial charge in [-0.1, -0.05) is 41.5 Å². The number of nitrogens with one attached hydrogen (secondary N) is 1. The van der Waals surface area contributed by atoms with Crippen LogP contribution >= 0.6 is 0 Å². The van der Waals surface area contributed by atoms with E-state index < -0.39 is 0 Å². The zero-order valence-electron chi connectivity index (χ0n) is 16.7. The van der Waals surface area contributed by atoms with E-state index in [-0.39, 0.29) is 11.8 Å². The zero-order valence-corrected chi connectivity index (χ0v) is 16.7. The average Bonchev–Trinajstić information content (AvgIpc) is 2.72. The van der Waals surface area contributed by atoms with Gasteiger partial charge < -0.3 is 10.2 Å². The second-order valence-electron chi connectivity index (χ2n) is 7.66. The van der Waals surface area contributed by atoms with Gasteiger partial charge in [0.1, 0.15) is 0 Å². The van der Waals surface area contributed by atoms with Crippen molar-refractivity contribution in [3.05, 3.63) is 100 Å². The largest absolute Gasteiger partial charge is 0.334 e. The van der Waals surface area contributed by atoms with Gasteiger partial charge in [0.2, 0.25) is 0 Å². The Morgan fingerprint density at radius 3 is 2.28 bits per heavy atom. The van der Waals surface area contributed by atoms with Crippen LogP contribution in [0.2, 0.25) is 0 Å². The molecule has 1 N–H and O–H groups in total. The molecule has 29 heavy (non-hydrogen) atoms. The van der Waals surface area contributed by atoms with Gasteiger partial charge in [-0.25, -0.2) is 0 Å². The fourth-order valence-electron chi connectivity index (χ4n) is 3.88. The zero-order chi connectivity index (χ0) is 20.4. The van der Waals surface area contributed by atoms with Crippen LogP contribution in [-0.2, 0) is 13.0 Å². The molecule has 0 spiro atoms. The van der Waals surface area contributed by atoms with Crippen LogP contribution in [0.25, 0.3) is 0 Å². The number of fused-ring (bicyclic) bond motifs is 1. The molecule has 4 nitrogen and oxygen atoms in total. The van der Waals surface area contributed by atoms with Crippen molar-refractivity contribution in [3.63, 3.8) is 0 Å². The Labute approximate surface area is 171 Å². The molecule has 0 fully saturated rings. The van der Waals surface area contributed by atoms with E-state index in [0.717, 1.165) is 28.8 Å². The summed E-state index contributed by atoms with van der Waals surface area (Å²) >= 11 is 0. The van der Waals surface area contributed by atoms with E-state index in [1.807, 2.05) is 79.4 Å². The molecule has 0 radical (unpaired) electrons. The lowest BCUT2D eigenvalue weighted by molar-refractivity contribution is 0.0734. The lowest BCUT2D eigenvalue weighted by Gasteiger charge is -2.29. The predicted molar refractivity (Wildman–Crippen MR) is 115 cm³/mol. The highest BCUT2D eigenvalue weighted by molar-refractivity contribution is 6.04. The highest BCUT2D eigenvalue weighted by atomic mass is 16.2. The van der Waals surface area contributed by atoms with Crippen LogP contribution in [-0.4, -0.2) is 23.3 Å². The van der Waals surface area contributed by atoms with Gasteiger partial charge in [-0.3, -0.25) is 9.59 Å². The van der Waals surface area contributed by atoms with E-state index in [2.05, 4.69) is 11.4 Å². The third kappa shape index (κ3) is 4.21. The van der Waals surface area contributed by atoms with Crippen LogP contribution in [0.5, 0.6) is 0 Å². The number of anilines is 1. The molecule has 0 saturated carbocycles. The lowest BCUT2D eigenvalue weighted by atomic mass is 9.98. The van der Waals surface area contributed by atoms with Crippen LogP contribution in [0.1, 0.15) is 43.0 Å². The van der Waals surface area contributed by atoms with Gasteiger partial charge in [0, 0.05) is 29.9 Å². The molecule has 0 bridgehead atoms. The van der Waals surface area contributed by atoms with Crippen molar-refractivity contribution in [2.75, 3.05) is 11.9 Å². The lowest BCUT2D eigenvalue weighted by Crippen LogP contribution is -2.36. The number of nitrogens with zero attached hydrogens (tertiary/aromatic N) is 1. The standard InChI is InChI=1S/C25H24N2O2/c1-17-12-18(2)14-21(13-17)24(28)26-23-9-8-19-10-11-27(16-22(19)15-23)25(29)20-6-4-3-5-7-20/h3-9,12-15H,10-11,16H2,1-2H3,(H,26,28). The molecule has 4 heteroatoms. The Kier molecular flexibility index (Phi) is 5.17. The van der Waals surface area contributed by atoms with E-state index >= 15 is 0 Å². The molecular weight excluding hydrogens is 360 g/mol. The van der Waals surface area contributed by atoms with Crippen molar-refractivity contribution in [1.82, 2.24) is 4.90 Å². The van der Waals surface area contributed by atoms with Crippen molar-refractivity contribution in [2.24, 2.45) is 0 Å². The first kappa shape index (κ1) is 18.9. The second-order valence-corrected chi connectivity index (χ2v) is 7.66. The van der Waals surface area contributed by atoms with Crippen molar-refractivity contribution < 1.29 is 9.59 Å². The summed E-state index contributed by atoms with van der Waals surface area (Å²) in [4.78, 5) is 27.3. The molecule has 3 aromatic rings. The molecule has 0 aromatic heterocycles. The fraction of sp³-hybridized carbons (Fsp3) is 0.200. The SMILES string of the molecule is Cc1cc(C)cc(C(=O)Nc2ccc3c(c2)CN(C(=O)c2ccccc2)CC3)c1.